The maximum atomic E-state index is 12.5. The van der Waals surface area contributed by atoms with Crippen LogP contribution in [0.3, 0.4) is 0 Å². The van der Waals surface area contributed by atoms with Crippen molar-refractivity contribution in [2.24, 2.45) is 0 Å². The van der Waals surface area contributed by atoms with Crippen LogP contribution in [0.1, 0.15) is 49.4 Å². The summed E-state index contributed by atoms with van der Waals surface area (Å²) in [5, 5.41) is 17.5. The summed E-state index contributed by atoms with van der Waals surface area (Å²) in [6, 6.07) is 5.20. The number of anilines is 1. The predicted molar refractivity (Wildman–Crippen MR) is 96.1 cm³/mol. The third-order valence-electron chi connectivity index (χ3n) is 5.03. The summed E-state index contributed by atoms with van der Waals surface area (Å²) in [7, 11) is 0. The molecular formula is C18H27N4O3+. The highest BCUT2D eigenvalue weighted by Crippen LogP contribution is 2.31. The molecule has 1 heterocycles. The molecule has 3 N–H and O–H groups in total. The summed E-state index contributed by atoms with van der Waals surface area (Å²) >= 11 is 0. The first-order chi connectivity index (χ1) is 12.1. The van der Waals surface area contributed by atoms with Gasteiger partial charge in [-0.3, -0.25) is 14.9 Å². The van der Waals surface area contributed by atoms with Gasteiger partial charge in [0.25, 0.3) is 11.6 Å². The molecule has 1 aliphatic carbocycles. The molecule has 1 aromatic carbocycles. The third-order valence-corrected chi connectivity index (χ3v) is 5.03. The van der Waals surface area contributed by atoms with Gasteiger partial charge in [-0.2, -0.15) is 0 Å². The Morgan fingerprint density at radius 1 is 1.24 bits per heavy atom. The average molecular weight is 347 g/mol. The van der Waals surface area contributed by atoms with Crippen LogP contribution in [0.25, 0.3) is 0 Å². The average Bonchev–Trinajstić information content (AvgIpc) is 3.41. The molecular weight excluding hydrogens is 320 g/mol. The van der Waals surface area contributed by atoms with E-state index in [1.165, 1.54) is 19.0 Å². The topological polar surface area (TPSA) is 88.7 Å². The van der Waals surface area contributed by atoms with E-state index in [9.17, 15) is 14.9 Å². The molecule has 0 bridgehead atoms. The van der Waals surface area contributed by atoms with Crippen LogP contribution in [0.15, 0.2) is 18.2 Å². The standard InChI is InChI=1S/C18H26N4O3/c1-2-9-21-10-7-15(8-11-21)20-18(23)13-3-6-16(19-14-4-5-14)17(12-13)22(24)25/h3,6,12,14-15,19H,2,4-5,7-11H2,1H3,(H,20,23)/p+1. The minimum Gasteiger partial charge on any atom is -0.377 e. The Morgan fingerprint density at radius 3 is 2.56 bits per heavy atom. The van der Waals surface area contributed by atoms with E-state index >= 15 is 0 Å². The van der Waals surface area contributed by atoms with Gasteiger partial charge in [0.05, 0.1) is 24.6 Å². The minimum atomic E-state index is -0.423. The Bertz CT molecular complexity index is 637. The molecule has 3 rings (SSSR count). The maximum Gasteiger partial charge on any atom is 0.293 e. The van der Waals surface area contributed by atoms with E-state index < -0.39 is 4.92 Å². The number of quaternary nitrogens is 1. The number of nitro groups is 1. The second kappa shape index (κ2) is 7.82. The normalized spacial score (nSPS) is 23.1. The van der Waals surface area contributed by atoms with E-state index in [-0.39, 0.29) is 17.6 Å². The van der Waals surface area contributed by atoms with E-state index in [1.807, 2.05) is 0 Å². The highest BCUT2D eigenvalue weighted by Gasteiger charge is 2.27. The fourth-order valence-corrected chi connectivity index (χ4v) is 3.44. The Labute approximate surface area is 147 Å². The largest absolute Gasteiger partial charge is 0.377 e. The quantitative estimate of drug-likeness (QED) is 0.513. The first-order valence-electron chi connectivity index (χ1n) is 9.26. The van der Waals surface area contributed by atoms with Crippen molar-refractivity contribution >= 4 is 17.3 Å². The molecule has 0 spiro atoms. The lowest BCUT2D eigenvalue weighted by Gasteiger charge is -2.29. The van der Waals surface area contributed by atoms with Crippen LogP contribution in [-0.4, -0.2) is 42.5 Å². The lowest BCUT2D eigenvalue weighted by molar-refractivity contribution is -0.905. The molecule has 1 aromatic rings. The Kier molecular flexibility index (Phi) is 5.53. The first-order valence-corrected chi connectivity index (χ1v) is 9.26. The fraction of sp³-hybridized carbons (Fsp3) is 0.611. The zero-order valence-corrected chi connectivity index (χ0v) is 14.7. The number of benzene rings is 1. The number of nitro benzene ring substituents is 1. The molecule has 7 heteroatoms. The van der Waals surface area contributed by atoms with Crippen LogP contribution in [0.4, 0.5) is 11.4 Å². The number of nitrogens with one attached hydrogen (secondary N) is 3. The summed E-state index contributed by atoms with van der Waals surface area (Å²) < 4.78 is 0. The second-order valence-corrected chi connectivity index (χ2v) is 7.16. The molecule has 0 radical (unpaired) electrons. The van der Waals surface area contributed by atoms with Crippen molar-refractivity contribution in [3.05, 3.63) is 33.9 Å². The molecule has 25 heavy (non-hydrogen) atoms. The molecule has 0 atom stereocenters. The molecule has 0 unspecified atom stereocenters. The highest BCUT2D eigenvalue weighted by molar-refractivity contribution is 5.96. The molecule has 1 saturated carbocycles. The minimum absolute atomic E-state index is 0.0261. The smallest absolute Gasteiger partial charge is 0.293 e. The van der Waals surface area contributed by atoms with E-state index in [2.05, 4.69) is 17.6 Å². The van der Waals surface area contributed by atoms with Crippen molar-refractivity contribution in [1.82, 2.24) is 5.32 Å². The lowest BCUT2D eigenvalue weighted by atomic mass is 10.0. The van der Waals surface area contributed by atoms with Crippen molar-refractivity contribution in [3.63, 3.8) is 0 Å². The lowest BCUT2D eigenvalue weighted by Crippen LogP contribution is -3.13. The molecule has 136 valence electrons. The number of carbonyl (C=O) groups excluding carboxylic acids is 1. The van der Waals surface area contributed by atoms with E-state index in [1.54, 1.807) is 17.0 Å². The Morgan fingerprint density at radius 2 is 1.96 bits per heavy atom. The number of carbonyl (C=O) groups is 1. The summed E-state index contributed by atoms with van der Waals surface area (Å²) in [6.07, 6.45) is 5.18. The number of nitrogens with zero attached hydrogens (tertiary/aromatic N) is 1. The molecule has 2 fully saturated rings. The summed E-state index contributed by atoms with van der Waals surface area (Å²) in [6.45, 7) is 5.52. The summed E-state index contributed by atoms with van der Waals surface area (Å²) in [5.41, 5.74) is 0.832. The number of piperidine rings is 1. The Hall–Kier alpha value is -2.15. The van der Waals surface area contributed by atoms with Gasteiger partial charge in [-0.25, -0.2) is 0 Å². The monoisotopic (exact) mass is 347 g/mol. The van der Waals surface area contributed by atoms with Crippen LogP contribution >= 0.6 is 0 Å². The number of hydrogen-bond acceptors (Lipinski definition) is 4. The van der Waals surface area contributed by atoms with Gasteiger partial charge in [0.2, 0.25) is 0 Å². The van der Waals surface area contributed by atoms with Gasteiger partial charge in [-0.05, 0) is 31.4 Å². The molecule has 2 aliphatic rings. The summed E-state index contributed by atoms with van der Waals surface area (Å²) in [5.74, 6) is -0.218. The number of likely N-dealkylation sites (tertiary alicyclic amines) is 1. The SMILES string of the molecule is CCC[NH+]1CCC(NC(=O)c2ccc(NC3CC3)c([N+](=O)[O-])c2)CC1. The number of hydrogen-bond donors (Lipinski definition) is 3. The predicted octanol–water partition coefficient (Wildman–Crippen LogP) is 1.36. The molecule has 7 nitrogen and oxygen atoms in total. The van der Waals surface area contributed by atoms with E-state index in [0.29, 0.717) is 17.3 Å². The van der Waals surface area contributed by atoms with E-state index in [4.69, 9.17) is 0 Å². The number of amides is 1. The van der Waals surface area contributed by atoms with Gasteiger partial charge < -0.3 is 15.5 Å². The molecule has 1 amide bonds. The van der Waals surface area contributed by atoms with Gasteiger partial charge in [0, 0.05) is 36.6 Å². The van der Waals surface area contributed by atoms with Gasteiger partial charge in [-0.15, -0.1) is 0 Å². The van der Waals surface area contributed by atoms with Gasteiger partial charge in [0.15, 0.2) is 0 Å². The summed E-state index contributed by atoms with van der Waals surface area (Å²) in [4.78, 5) is 25.0. The van der Waals surface area contributed by atoms with Crippen molar-refractivity contribution < 1.29 is 14.6 Å². The van der Waals surface area contributed by atoms with Gasteiger partial charge in [0.1, 0.15) is 5.69 Å². The zero-order chi connectivity index (χ0) is 17.8. The fourth-order valence-electron chi connectivity index (χ4n) is 3.44. The molecule has 0 aromatic heterocycles. The van der Waals surface area contributed by atoms with Crippen molar-refractivity contribution in [3.8, 4) is 0 Å². The van der Waals surface area contributed by atoms with Crippen LogP contribution in [0.5, 0.6) is 0 Å². The van der Waals surface area contributed by atoms with Crippen LogP contribution in [0, 0.1) is 10.1 Å². The zero-order valence-electron chi connectivity index (χ0n) is 14.7. The molecule has 1 saturated heterocycles. The highest BCUT2D eigenvalue weighted by atomic mass is 16.6. The maximum absolute atomic E-state index is 12.5. The first kappa shape index (κ1) is 17.7. The van der Waals surface area contributed by atoms with Crippen LogP contribution < -0.4 is 15.5 Å². The number of rotatable bonds is 7. The van der Waals surface area contributed by atoms with Crippen LogP contribution in [-0.2, 0) is 0 Å². The van der Waals surface area contributed by atoms with Crippen molar-refractivity contribution in [2.45, 2.75) is 51.1 Å². The second-order valence-electron chi connectivity index (χ2n) is 7.16. The van der Waals surface area contributed by atoms with E-state index in [0.717, 1.165) is 38.8 Å². The van der Waals surface area contributed by atoms with Crippen molar-refractivity contribution in [1.29, 1.82) is 0 Å². The van der Waals surface area contributed by atoms with Crippen molar-refractivity contribution in [2.75, 3.05) is 25.0 Å². The van der Waals surface area contributed by atoms with Crippen LogP contribution in [0.2, 0.25) is 0 Å². The third kappa shape index (κ3) is 4.69. The Balaban J connectivity index is 1.62. The molecule has 1 aliphatic heterocycles. The van der Waals surface area contributed by atoms with Gasteiger partial charge in [-0.1, -0.05) is 6.92 Å². The van der Waals surface area contributed by atoms with Gasteiger partial charge >= 0.3 is 0 Å².